The minimum atomic E-state index is -2.06. The molecule has 0 aliphatic heterocycles. The topological polar surface area (TPSA) is 246 Å². The number of aliphatic carboxylic acids is 3. The highest BCUT2D eigenvalue weighted by Crippen LogP contribution is 2.18. The minimum Gasteiger partial charge on any atom is -0.850 e. The molecule has 0 saturated heterocycles. The molecular weight excluding hydrogens is 370 g/mol. The fraction of sp³-hybridized carbons (Fsp3) is 0.786. The highest BCUT2D eigenvalue weighted by atomic mass is 16.4. The van der Waals surface area contributed by atoms with Crippen LogP contribution in [0.1, 0.15) is 6.42 Å². The fourth-order valence-corrected chi connectivity index (χ4v) is 2.92. The van der Waals surface area contributed by atoms with Gasteiger partial charge in [-0.25, -0.2) is 0 Å². The highest BCUT2D eigenvalue weighted by Gasteiger charge is 2.37. The van der Waals surface area contributed by atoms with Gasteiger partial charge in [-0.2, -0.15) is 0 Å². The normalized spacial score (nSPS) is 32.0. The number of carboxylic acid groups (broad SMARTS) is 3. The predicted molar refractivity (Wildman–Crippen MR) is 72.4 cm³/mol. The van der Waals surface area contributed by atoms with Gasteiger partial charge in [0, 0.05) is 25.7 Å². The summed E-state index contributed by atoms with van der Waals surface area (Å²) in [5.74, 6) is -4.96. The third-order valence-electron chi connectivity index (χ3n) is 4.18. The lowest BCUT2D eigenvalue weighted by atomic mass is 9.79. The molecule has 0 aromatic carbocycles. The van der Waals surface area contributed by atoms with Crippen LogP contribution < -0.4 is 46.6 Å². The molecule has 1 saturated carbocycles. The fourth-order valence-electron chi connectivity index (χ4n) is 2.92. The SMILES string of the molecule is O=C([O-])CN[C@@H]1C([O-])[C@H](NCC(=O)[O-])[C@H]([O-])C(NC(CCO)C(=O)[O-])[C@@H]1[O-]. The molecule has 156 valence electrons. The maximum atomic E-state index is 12.5. The Morgan fingerprint density at radius 3 is 1.56 bits per heavy atom. The molecule has 1 fully saturated rings. The summed E-state index contributed by atoms with van der Waals surface area (Å²) in [4.78, 5) is 32.2. The van der Waals surface area contributed by atoms with Crippen molar-refractivity contribution in [3.8, 4) is 0 Å². The number of nitrogens with one attached hydrogen (secondary N) is 3. The summed E-state index contributed by atoms with van der Waals surface area (Å²) in [7, 11) is 0. The van der Waals surface area contributed by atoms with E-state index in [0.29, 0.717) is 0 Å². The van der Waals surface area contributed by atoms with Crippen LogP contribution in [0.15, 0.2) is 0 Å². The van der Waals surface area contributed by atoms with Gasteiger partial charge < -0.3 is 66.1 Å². The first-order valence-corrected chi connectivity index (χ1v) is 8.01. The summed E-state index contributed by atoms with van der Waals surface area (Å²) < 4.78 is 0. The maximum Gasteiger partial charge on any atom is 0.0585 e. The second-order valence-corrected chi connectivity index (χ2v) is 6.03. The lowest BCUT2D eigenvalue weighted by molar-refractivity contribution is -0.536. The molecule has 0 heterocycles. The zero-order valence-electron chi connectivity index (χ0n) is 14.0. The van der Waals surface area contributed by atoms with Crippen LogP contribution in [0, 0.1) is 0 Å². The van der Waals surface area contributed by atoms with Crippen LogP contribution in [0.5, 0.6) is 0 Å². The first kappa shape index (κ1) is 23.2. The van der Waals surface area contributed by atoms with Gasteiger partial charge in [-0.3, -0.25) is 0 Å². The molecule has 0 aromatic rings. The zero-order valence-corrected chi connectivity index (χ0v) is 14.0. The van der Waals surface area contributed by atoms with Crippen molar-refractivity contribution in [2.24, 2.45) is 0 Å². The first-order chi connectivity index (χ1) is 12.6. The van der Waals surface area contributed by atoms with Crippen molar-refractivity contribution >= 4 is 17.9 Å². The van der Waals surface area contributed by atoms with Crippen molar-refractivity contribution in [3.05, 3.63) is 0 Å². The number of hydrogen-bond acceptors (Lipinski definition) is 13. The van der Waals surface area contributed by atoms with Gasteiger partial charge in [-0.05, 0) is 24.5 Å². The van der Waals surface area contributed by atoms with Gasteiger partial charge in [0.2, 0.25) is 0 Å². The quantitative estimate of drug-likeness (QED) is 0.256. The van der Waals surface area contributed by atoms with Crippen molar-refractivity contribution in [1.82, 2.24) is 16.0 Å². The Bertz CT molecular complexity index is 501. The van der Waals surface area contributed by atoms with Crippen molar-refractivity contribution in [2.75, 3.05) is 19.7 Å². The number of aliphatic hydroxyl groups is 1. The predicted octanol–water partition coefficient (Wildman–Crippen LogP) is -10.9. The van der Waals surface area contributed by atoms with Gasteiger partial charge in [0.25, 0.3) is 0 Å². The summed E-state index contributed by atoms with van der Waals surface area (Å²) >= 11 is 0. The van der Waals surface area contributed by atoms with Crippen molar-refractivity contribution in [3.63, 3.8) is 0 Å². The summed E-state index contributed by atoms with van der Waals surface area (Å²) in [5, 5.41) is 85.1. The van der Waals surface area contributed by atoms with Crippen LogP contribution in [0.4, 0.5) is 0 Å². The van der Waals surface area contributed by atoms with E-state index in [2.05, 4.69) is 16.0 Å². The Kier molecular flexibility index (Phi) is 8.98. The molecule has 0 aromatic heterocycles. The van der Waals surface area contributed by atoms with Gasteiger partial charge in [0.15, 0.2) is 0 Å². The Labute approximate surface area is 153 Å². The molecule has 13 heteroatoms. The molecule has 3 unspecified atom stereocenters. The summed E-state index contributed by atoms with van der Waals surface area (Å²) in [6.45, 7) is -2.37. The number of carbonyl (C=O) groups is 3. The molecule has 13 nitrogen and oxygen atoms in total. The Morgan fingerprint density at radius 1 is 0.815 bits per heavy atom. The van der Waals surface area contributed by atoms with Crippen LogP contribution in [-0.4, -0.2) is 85.2 Å². The molecule has 1 rings (SSSR count). The maximum absolute atomic E-state index is 12.5. The van der Waals surface area contributed by atoms with Crippen LogP contribution in [0.2, 0.25) is 0 Å². The molecule has 4 N–H and O–H groups in total. The van der Waals surface area contributed by atoms with Crippen molar-refractivity contribution in [1.29, 1.82) is 0 Å². The van der Waals surface area contributed by atoms with E-state index in [0.717, 1.165) is 0 Å². The van der Waals surface area contributed by atoms with E-state index < -0.39 is 86.5 Å². The van der Waals surface area contributed by atoms with E-state index in [1.807, 2.05) is 0 Å². The Morgan fingerprint density at radius 2 is 1.22 bits per heavy atom. The lowest BCUT2D eigenvalue weighted by Crippen LogP contribution is -2.83. The average Bonchev–Trinajstić information content (AvgIpc) is 2.56. The number of carbonyl (C=O) groups excluding carboxylic acids is 3. The number of rotatable bonds is 11. The van der Waals surface area contributed by atoms with E-state index in [1.54, 1.807) is 0 Å². The van der Waals surface area contributed by atoms with E-state index in [4.69, 9.17) is 5.11 Å². The molecular formula is C14H19N3O10-6. The number of hydrogen-bond donors (Lipinski definition) is 4. The van der Waals surface area contributed by atoms with Crippen LogP contribution in [0.25, 0.3) is 0 Å². The summed E-state index contributed by atoms with van der Waals surface area (Å²) in [5.41, 5.74) is 0. The minimum absolute atomic E-state index is 0.395. The standard InChI is InChI=1S/C14H22N3O10/c18-2-1-5(14(26)27)17-10-12(24)8(15-3-6(19)20)11(23)9(13(10)25)16-4-7(21)22/h5,8-13,15-18H,1-4H2,(H,19,20)(H,21,22)(H,26,27)/q-3/p-3/t5?,8-,9+,10?,11?,12-,13+. The summed E-state index contributed by atoms with van der Waals surface area (Å²) in [6.07, 6.45) is -6.54. The molecule has 27 heavy (non-hydrogen) atoms. The molecule has 0 radical (unpaired) electrons. The third-order valence-corrected chi connectivity index (χ3v) is 4.18. The molecule has 0 bridgehead atoms. The number of aliphatic hydroxyl groups excluding tert-OH is 1. The van der Waals surface area contributed by atoms with Gasteiger partial charge in [0.05, 0.1) is 17.9 Å². The van der Waals surface area contributed by atoms with Gasteiger partial charge in [-0.1, -0.05) is 18.3 Å². The van der Waals surface area contributed by atoms with Crippen LogP contribution >= 0.6 is 0 Å². The van der Waals surface area contributed by atoms with Crippen LogP contribution in [-0.2, 0) is 14.4 Å². The zero-order chi connectivity index (χ0) is 20.7. The first-order valence-electron chi connectivity index (χ1n) is 8.01. The molecule has 1 aliphatic rings. The highest BCUT2D eigenvalue weighted by molar-refractivity contribution is 5.71. The van der Waals surface area contributed by atoms with E-state index >= 15 is 0 Å². The molecule has 7 atom stereocenters. The second-order valence-electron chi connectivity index (χ2n) is 6.03. The van der Waals surface area contributed by atoms with E-state index in [1.165, 1.54) is 0 Å². The largest absolute Gasteiger partial charge is 0.850 e. The number of carboxylic acids is 3. The van der Waals surface area contributed by atoms with E-state index in [9.17, 15) is 45.0 Å². The summed E-state index contributed by atoms with van der Waals surface area (Å²) in [6, 6.07) is -6.59. The lowest BCUT2D eigenvalue weighted by Gasteiger charge is -2.62. The Balaban J connectivity index is 3.07. The van der Waals surface area contributed by atoms with Crippen molar-refractivity contribution in [2.45, 2.75) is 48.9 Å². The van der Waals surface area contributed by atoms with Crippen LogP contribution in [0.3, 0.4) is 0 Å². The van der Waals surface area contributed by atoms with E-state index in [-0.39, 0.29) is 0 Å². The molecule has 1 aliphatic carbocycles. The molecule has 0 spiro atoms. The smallest absolute Gasteiger partial charge is 0.0585 e. The Hall–Kier alpha value is -1.87. The third kappa shape index (κ3) is 6.35. The molecule has 0 amide bonds. The van der Waals surface area contributed by atoms with Gasteiger partial charge >= 0.3 is 0 Å². The van der Waals surface area contributed by atoms with Gasteiger partial charge in [0.1, 0.15) is 0 Å². The average molecular weight is 389 g/mol. The van der Waals surface area contributed by atoms with Crippen molar-refractivity contribution < 1.29 is 50.1 Å². The van der Waals surface area contributed by atoms with Gasteiger partial charge in [-0.15, -0.1) is 0 Å². The second kappa shape index (κ2) is 10.5. The monoisotopic (exact) mass is 389 g/mol.